The average molecular weight is 245 g/mol. The summed E-state index contributed by atoms with van der Waals surface area (Å²) in [6.07, 6.45) is 0.429. The third-order valence-electron chi connectivity index (χ3n) is 2.55. The van der Waals surface area contributed by atoms with Crippen molar-refractivity contribution in [2.24, 2.45) is 11.8 Å². The molecule has 0 aliphatic heterocycles. The number of rotatable bonds is 7. The van der Waals surface area contributed by atoms with Crippen LogP contribution in [0.5, 0.6) is 0 Å². The fourth-order valence-electron chi connectivity index (χ4n) is 1.59. The second-order valence-corrected chi connectivity index (χ2v) is 4.46. The van der Waals surface area contributed by atoms with E-state index in [1.807, 2.05) is 6.92 Å². The molecule has 0 aromatic rings. The Hall–Kier alpha value is -1.10. The van der Waals surface area contributed by atoms with Crippen LogP contribution in [0.1, 0.15) is 20.3 Å². The Morgan fingerprint density at radius 2 is 1.82 bits per heavy atom. The zero-order valence-electron chi connectivity index (χ0n) is 11.4. The number of hydrogen-bond acceptors (Lipinski definition) is 4. The van der Waals surface area contributed by atoms with E-state index in [2.05, 4.69) is 4.74 Å². The molecule has 2 atom stereocenters. The minimum atomic E-state index is -0.299. The van der Waals surface area contributed by atoms with Crippen LogP contribution in [0.15, 0.2) is 0 Å². The van der Waals surface area contributed by atoms with E-state index < -0.39 is 0 Å². The van der Waals surface area contributed by atoms with Gasteiger partial charge in [-0.2, -0.15) is 0 Å². The van der Waals surface area contributed by atoms with E-state index in [0.717, 1.165) is 0 Å². The normalized spacial score (nSPS) is 13.9. The molecule has 5 heteroatoms. The van der Waals surface area contributed by atoms with Crippen LogP contribution in [-0.4, -0.2) is 51.2 Å². The highest BCUT2D eigenvalue weighted by Crippen LogP contribution is 2.07. The van der Waals surface area contributed by atoms with Crippen LogP contribution in [-0.2, 0) is 19.1 Å². The van der Waals surface area contributed by atoms with Crippen molar-refractivity contribution < 1.29 is 19.1 Å². The highest BCUT2D eigenvalue weighted by atomic mass is 16.5. The lowest BCUT2D eigenvalue weighted by molar-refractivity contribution is -0.146. The van der Waals surface area contributed by atoms with Gasteiger partial charge in [0.15, 0.2) is 0 Å². The van der Waals surface area contributed by atoms with Crippen LogP contribution in [0.25, 0.3) is 0 Å². The van der Waals surface area contributed by atoms with Crippen LogP contribution in [0.2, 0.25) is 0 Å². The highest BCUT2D eigenvalue weighted by molar-refractivity contribution is 5.77. The molecule has 0 bridgehead atoms. The molecule has 100 valence electrons. The van der Waals surface area contributed by atoms with Gasteiger partial charge in [-0.15, -0.1) is 0 Å². The quantitative estimate of drug-likeness (QED) is 0.626. The van der Waals surface area contributed by atoms with Crippen LogP contribution in [0.3, 0.4) is 0 Å². The maximum atomic E-state index is 11.8. The SMILES string of the molecule is COCC(C)CC(=O)N(C)CC(C)C(=O)OC. The molecule has 1 amide bonds. The second-order valence-electron chi connectivity index (χ2n) is 4.46. The van der Waals surface area contributed by atoms with Crippen LogP contribution in [0, 0.1) is 11.8 Å². The lowest BCUT2D eigenvalue weighted by atomic mass is 10.1. The largest absolute Gasteiger partial charge is 0.469 e. The molecule has 17 heavy (non-hydrogen) atoms. The van der Waals surface area contributed by atoms with Gasteiger partial charge in [-0.3, -0.25) is 9.59 Å². The molecule has 0 N–H and O–H groups in total. The van der Waals surface area contributed by atoms with Crippen molar-refractivity contribution in [1.29, 1.82) is 0 Å². The van der Waals surface area contributed by atoms with E-state index in [4.69, 9.17) is 4.74 Å². The van der Waals surface area contributed by atoms with Crippen molar-refractivity contribution in [3.05, 3.63) is 0 Å². The molecule has 0 aromatic carbocycles. The summed E-state index contributed by atoms with van der Waals surface area (Å²) < 4.78 is 9.59. The standard InChI is InChI=1S/C12H23NO4/c1-9(8-16-4)6-11(14)13(3)7-10(2)12(15)17-5/h9-10H,6-8H2,1-5H3. The van der Waals surface area contributed by atoms with Gasteiger partial charge in [0, 0.05) is 33.7 Å². The molecule has 0 aliphatic rings. The average Bonchev–Trinajstić information content (AvgIpc) is 2.27. The van der Waals surface area contributed by atoms with E-state index >= 15 is 0 Å². The van der Waals surface area contributed by atoms with Crippen LogP contribution >= 0.6 is 0 Å². The summed E-state index contributed by atoms with van der Waals surface area (Å²) in [5.74, 6) is -0.394. The monoisotopic (exact) mass is 245 g/mol. The van der Waals surface area contributed by atoms with E-state index in [0.29, 0.717) is 19.6 Å². The first-order valence-electron chi connectivity index (χ1n) is 5.73. The predicted molar refractivity (Wildman–Crippen MR) is 64.5 cm³/mol. The number of esters is 1. The van der Waals surface area contributed by atoms with E-state index in [1.54, 1.807) is 26.0 Å². The Bertz CT molecular complexity index is 255. The molecule has 0 saturated heterocycles. The molecule has 2 unspecified atom stereocenters. The maximum Gasteiger partial charge on any atom is 0.310 e. The Morgan fingerprint density at radius 1 is 1.24 bits per heavy atom. The first-order chi connectivity index (χ1) is 7.92. The number of amides is 1. The molecule has 0 fully saturated rings. The predicted octanol–water partition coefficient (Wildman–Crippen LogP) is 0.926. The minimum Gasteiger partial charge on any atom is -0.469 e. The van der Waals surface area contributed by atoms with Crippen molar-refractivity contribution in [2.45, 2.75) is 20.3 Å². The number of methoxy groups -OCH3 is 2. The van der Waals surface area contributed by atoms with Gasteiger partial charge in [0.25, 0.3) is 0 Å². The smallest absolute Gasteiger partial charge is 0.310 e. The number of hydrogen-bond donors (Lipinski definition) is 0. The first kappa shape index (κ1) is 15.9. The van der Waals surface area contributed by atoms with Crippen molar-refractivity contribution in [3.63, 3.8) is 0 Å². The van der Waals surface area contributed by atoms with Gasteiger partial charge in [-0.25, -0.2) is 0 Å². The van der Waals surface area contributed by atoms with Crippen LogP contribution < -0.4 is 0 Å². The summed E-state index contributed by atoms with van der Waals surface area (Å²) in [5.41, 5.74) is 0. The molecule has 0 rings (SSSR count). The third-order valence-corrected chi connectivity index (χ3v) is 2.55. The minimum absolute atomic E-state index is 0.0188. The van der Waals surface area contributed by atoms with E-state index in [9.17, 15) is 9.59 Å². The molecule has 0 aliphatic carbocycles. The summed E-state index contributed by atoms with van der Waals surface area (Å²) in [6, 6.07) is 0. The van der Waals surface area contributed by atoms with E-state index in [1.165, 1.54) is 7.11 Å². The molecule has 0 aromatic heterocycles. The number of ether oxygens (including phenoxy) is 2. The van der Waals surface area contributed by atoms with Crippen molar-refractivity contribution in [1.82, 2.24) is 4.90 Å². The van der Waals surface area contributed by atoms with Gasteiger partial charge in [0.05, 0.1) is 13.0 Å². The van der Waals surface area contributed by atoms with Crippen molar-refractivity contribution in [3.8, 4) is 0 Å². The fourth-order valence-corrected chi connectivity index (χ4v) is 1.59. The maximum absolute atomic E-state index is 11.8. The number of nitrogens with zero attached hydrogens (tertiary/aromatic N) is 1. The summed E-state index contributed by atoms with van der Waals surface area (Å²) in [5, 5.41) is 0. The zero-order chi connectivity index (χ0) is 13.4. The third kappa shape index (κ3) is 6.26. The molecule has 0 spiro atoms. The molecule has 0 radical (unpaired) electrons. The summed E-state index contributed by atoms with van der Waals surface area (Å²) in [7, 11) is 4.66. The van der Waals surface area contributed by atoms with Crippen molar-refractivity contribution >= 4 is 11.9 Å². The van der Waals surface area contributed by atoms with Gasteiger partial charge in [0.1, 0.15) is 0 Å². The highest BCUT2D eigenvalue weighted by Gasteiger charge is 2.19. The van der Waals surface area contributed by atoms with Gasteiger partial charge in [0.2, 0.25) is 5.91 Å². The second kappa shape index (κ2) is 8.06. The van der Waals surface area contributed by atoms with E-state index in [-0.39, 0.29) is 23.7 Å². The molecule has 0 saturated carbocycles. The topological polar surface area (TPSA) is 55.8 Å². The Balaban J connectivity index is 4.09. The lowest BCUT2D eigenvalue weighted by Crippen LogP contribution is -2.35. The van der Waals surface area contributed by atoms with Gasteiger partial charge in [-0.1, -0.05) is 13.8 Å². The van der Waals surface area contributed by atoms with Gasteiger partial charge in [-0.05, 0) is 5.92 Å². The van der Waals surface area contributed by atoms with Gasteiger partial charge >= 0.3 is 5.97 Å². The molecular weight excluding hydrogens is 222 g/mol. The molecule has 5 nitrogen and oxygen atoms in total. The Labute approximate surface area is 103 Å². The summed E-state index contributed by atoms with van der Waals surface area (Å²) in [6.45, 7) is 4.64. The number of carbonyl (C=O) groups excluding carboxylic acids is 2. The Morgan fingerprint density at radius 3 is 2.29 bits per heavy atom. The van der Waals surface area contributed by atoms with Gasteiger partial charge < -0.3 is 14.4 Å². The Kier molecular flexibility index (Phi) is 7.54. The molecule has 0 heterocycles. The summed E-state index contributed by atoms with van der Waals surface area (Å²) >= 11 is 0. The summed E-state index contributed by atoms with van der Waals surface area (Å²) in [4.78, 5) is 24.6. The lowest BCUT2D eigenvalue weighted by Gasteiger charge is -2.21. The zero-order valence-corrected chi connectivity index (χ0v) is 11.4. The molecular formula is C12H23NO4. The van der Waals surface area contributed by atoms with Crippen molar-refractivity contribution in [2.75, 3.05) is 34.4 Å². The first-order valence-corrected chi connectivity index (χ1v) is 5.73. The number of carbonyl (C=O) groups is 2. The van der Waals surface area contributed by atoms with Crippen LogP contribution in [0.4, 0.5) is 0 Å². The fraction of sp³-hybridized carbons (Fsp3) is 0.833.